The molecule has 1 aromatic heterocycles. The Hall–Kier alpha value is -2.91. The number of phenolic OH excluding ortho intramolecular Hbond substituents is 1. The number of anilines is 1. The van der Waals surface area contributed by atoms with Crippen LogP contribution in [0.1, 0.15) is 24.0 Å². The van der Waals surface area contributed by atoms with Crippen molar-refractivity contribution in [1.29, 1.82) is 0 Å². The molecule has 1 aliphatic heterocycles. The number of carbonyl (C=O) groups excluding carboxylic acids is 1. The van der Waals surface area contributed by atoms with Crippen LogP contribution in [0.3, 0.4) is 0 Å². The summed E-state index contributed by atoms with van der Waals surface area (Å²) >= 11 is 5.04. The molecule has 0 radical (unpaired) electrons. The van der Waals surface area contributed by atoms with Crippen LogP contribution in [-0.2, 0) is 14.3 Å². The molecule has 142 valence electrons. The van der Waals surface area contributed by atoms with Crippen molar-refractivity contribution >= 4 is 24.0 Å². The van der Waals surface area contributed by atoms with Gasteiger partial charge in [-0.15, -0.1) is 0 Å². The maximum absolute atomic E-state index is 12.8. The predicted octanol–water partition coefficient (Wildman–Crippen LogP) is 2.16. The second kappa shape index (κ2) is 7.77. The number of aromatic nitrogens is 2. The van der Waals surface area contributed by atoms with E-state index in [4.69, 9.17) is 21.7 Å². The van der Waals surface area contributed by atoms with Gasteiger partial charge >= 0.3 is 5.97 Å². The molecule has 0 aliphatic carbocycles. The molecule has 3 rings (SSSR count). The summed E-state index contributed by atoms with van der Waals surface area (Å²) in [7, 11) is 1.51. The van der Waals surface area contributed by atoms with Crippen LogP contribution in [0, 0.1) is 4.77 Å². The Morgan fingerprint density at radius 2 is 1.93 bits per heavy atom. The molecule has 0 saturated carbocycles. The van der Waals surface area contributed by atoms with E-state index in [9.17, 15) is 14.7 Å². The van der Waals surface area contributed by atoms with Gasteiger partial charge in [0, 0.05) is 12.8 Å². The van der Waals surface area contributed by atoms with Gasteiger partial charge in [-0.05, 0) is 36.8 Å². The van der Waals surface area contributed by atoms with Crippen molar-refractivity contribution in [3.63, 3.8) is 0 Å². The Kier molecular flexibility index (Phi) is 5.43. The van der Waals surface area contributed by atoms with Gasteiger partial charge in [0.1, 0.15) is 18.2 Å². The van der Waals surface area contributed by atoms with Crippen LogP contribution in [0.5, 0.6) is 5.75 Å². The highest BCUT2D eigenvalue weighted by atomic mass is 32.1. The van der Waals surface area contributed by atoms with E-state index in [1.165, 1.54) is 19.2 Å². The Bertz CT molecular complexity index is 1010. The van der Waals surface area contributed by atoms with Gasteiger partial charge in [-0.3, -0.25) is 9.78 Å². The molecule has 0 bridgehead atoms. The van der Waals surface area contributed by atoms with E-state index in [1.807, 2.05) is 0 Å². The molecule has 1 aliphatic rings. The average Bonchev–Trinajstić information content (AvgIpc) is 2.61. The van der Waals surface area contributed by atoms with Gasteiger partial charge in [-0.25, -0.2) is 4.79 Å². The van der Waals surface area contributed by atoms with Crippen molar-refractivity contribution in [3.8, 4) is 5.75 Å². The lowest BCUT2D eigenvalue weighted by Gasteiger charge is -2.29. The highest BCUT2D eigenvalue weighted by Gasteiger charge is 2.35. The molecule has 1 aromatic carbocycles. The molecule has 0 fully saturated rings. The van der Waals surface area contributed by atoms with Crippen LogP contribution in [0.2, 0.25) is 0 Å². The lowest BCUT2D eigenvalue weighted by molar-refractivity contribution is -0.140. The second-order valence-electron chi connectivity index (χ2n) is 6.01. The summed E-state index contributed by atoms with van der Waals surface area (Å²) in [6.07, 6.45) is 0. The molecule has 1 atom stereocenters. The monoisotopic (exact) mass is 389 g/mol. The van der Waals surface area contributed by atoms with Crippen molar-refractivity contribution in [3.05, 3.63) is 61.8 Å². The van der Waals surface area contributed by atoms with Crippen LogP contribution >= 0.6 is 12.2 Å². The molecular weight excluding hydrogens is 370 g/mol. The van der Waals surface area contributed by atoms with Crippen molar-refractivity contribution in [1.82, 2.24) is 9.97 Å². The number of phenols is 1. The number of allylic oxidation sites excluding steroid dienone is 1. The first-order chi connectivity index (χ1) is 12.9. The lowest BCUT2D eigenvalue weighted by Crippen LogP contribution is -2.31. The normalized spacial score (nSPS) is 15.9. The molecule has 27 heavy (non-hydrogen) atoms. The first-order valence-electron chi connectivity index (χ1n) is 8.21. The van der Waals surface area contributed by atoms with Crippen LogP contribution in [0.25, 0.3) is 0 Å². The Labute approximate surface area is 159 Å². The van der Waals surface area contributed by atoms with Crippen molar-refractivity contribution in [2.45, 2.75) is 12.8 Å². The number of nitrogens with one attached hydrogen (secondary N) is 3. The predicted molar refractivity (Wildman–Crippen MR) is 101 cm³/mol. The quantitative estimate of drug-likeness (QED) is 0.352. The van der Waals surface area contributed by atoms with Crippen LogP contribution in [0.15, 0.2) is 40.3 Å². The van der Waals surface area contributed by atoms with E-state index in [0.29, 0.717) is 28.2 Å². The fourth-order valence-corrected chi connectivity index (χ4v) is 3.25. The zero-order chi connectivity index (χ0) is 19.6. The fourth-order valence-electron chi connectivity index (χ4n) is 3.05. The molecule has 2 aromatic rings. The number of aromatic amines is 2. The average molecular weight is 389 g/mol. The number of aromatic hydroxyl groups is 1. The molecule has 8 nitrogen and oxygen atoms in total. The Balaban J connectivity index is 2.15. The third-order valence-electron chi connectivity index (χ3n) is 4.24. The van der Waals surface area contributed by atoms with E-state index in [1.54, 1.807) is 19.1 Å². The number of rotatable bonds is 5. The van der Waals surface area contributed by atoms with E-state index in [-0.39, 0.29) is 23.7 Å². The van der Waals surface area contributed by atoms with Crippen LogP contribution in [-0.4, -0.2) is 41.4 Å². The molecule has 0 amide bonds. The lowest BCUT2D eigenvalue weighted by atomic mass is 9.82. The zero-order valence-corrected chi connectivity index (χ0v) is 15.6. The van der Waals surface area contributed by atoms with Crippen molar-refractivity contribution in [2.75, 3.05) is 25.6 Å². The van der Waals surface area contributed by atoms with Crippen LogP contribution in [0.4, 0.5) is 5.82 Å². The number of methoxy groups -OCH3 is 1. The summed E-state index contributed by atoms with van der Waals surface area (Å²) in [5.74, 6) is -0.734. The number of esters is 1. The van der Waals surface area contributed by atoms with Gasteiger partial charge in [0.2, 0.25) is 0 Å². The topological polar surface area (TPSA) is 116 Å². The minimum atomic E-state index is -0.688. The van der Waals surface area contributed by atoms with Gasteiger partial charge in [0.05, 0.1) is 23.7 Å². The van der Waals surface area contributed by atoms with E-state index in [2.05, 4.69) is 15.3 Å². The minimum Gasteiger partial charge on any atom is -0.508 e. The van der Waals surface area contributed by atoms with Gasteiger partial charge in [-0.2, -0.15) is 0 Å². The third-order valence-corrected chi connectivity index (χ3v) is 4.44. The van der Waals surface area contributed by atoms with E-state index in [0.717, 1.165) is 0 Å². The number of carbonyl (C=O) groups is 1. The molecule has 4 N–H and O–H groups in total. The Morgan fingerprint density at radius 3 is 2.59 bits per heavy atom. The number of hydrogen-bond acceptors (Lipinski definition) is 7. The largest absolute Gasteiger partial charge is 0.508 e. The standard InChI is InChI=1S/C18H19N3O5S/c1-9-12(17(24)26-8-7-25-2)13(10-3-5-11(22)6-4-10)14-15(19-9)20-18(27)21-16(14)23/h3-6,13,22H,7-8H2,1-2H3,(H3,19,20,21,23,27)/t13-/m0/s1. The fraction of sp³-hybridized carbons (Fsp3) is 0.278. The van der Waals surface area contributed by atoms with Crippen molar-refractivity contribution < 1.29 is 19.4 Å². The summed E-state index contributed by atoms with van der Waals surface area (Å²) < 4.78 is 10.4. The summed E-state index contributed by atoms with van der Waals surface area (Å²) in [5, 5.41) is 12.6. The summed E-state index contributed by atoms with van der Waals surface area (Å²) in [5.41, 5.74) is 1.41. The molecule has 0 saturated heterocycles. The van der Waals surface area contributed by atoms with E-state index >= 15 is 0 Å². The SMILES string of the molecule is COCCOC(=O)C1=C(C)Nc2[nH]c(=S)[nH]c(=O)c2[C@H]1c1ccc(O)cc1. The molecule has 2 heterocycles. The highest BCUT2D eigenvalue weighted by molar-refractivity contribution is 7.71. The zero-order valence-electron chi connectivity index (χ0n) is 14.8. The van der Waals surface area contributed by atoms with Gasteiger partial charge in [-0.1, -0.05) is 12.1 Å². The number of H-pyrrole nitrogens is 2. The molecule has 9 heteroatoms. The first-order valence-corrected chi connectivity index (χ1v) is 8.62. The number of benzene rings is 1. The van der Waals surface area contributed by atoms with Crippen molar-refractivity contribution in [2.24, 2.45) is 0 Å². The molecule has 0 spiro atoms. The summed E-state index contributed by atoms with van der Waals surface area (Å²) in [4.78, 5) is 30.9. The maximum atomic E-state index is 12.8. The first kappa shape index (κ1) is 18.9. The van der Waals surface area contributed by atoms with Gasteiger partial charge < -0.3 is 24.9 Å². The number of fused-ring (bicyclic) bond motifs is 1. The number of ether oxygens (including phenoxy) is 2. The van der Waals surface area contributed by atoms with E-state index < -0.39 is 17.4 Å². The second-order valence-corrected chi connectivity index (χ2v) is 6.42. The van der Waals surface area contributed by atoms with Gasteiger partial charge in [0.15, 0.2) is 4.77 Å². The maximum Gasteiger partial charge on any atom is 0.336 e. The minimum absolute atomic E-state index is 0.0826. The third kappa shape index (κ3) is 3.79. The summed E-state index contributed by atoms with van der Waals surface area (Å²) in [6, 6.07) is 6.32. The molecule has 0 unspecified atom stereocenters. The van der Waals surface area contributed by atoms with Crippen LogP contribution < -0.4 is 10.9 Å². The Morgan fingerprint density at radius 1 is 1.22 bits per heavy atom. The smallest absolute Gasteiger partial charge is 0.336 e. The number of hydrogen-bond donors (Lipinski definition) is 4. The highest BCUT2D eigenvalue weighted by Crippen LogP contribution is 2.39. The summed E-state index contributed by atoms with van der Waals surface area (Å²) in [6.45, 7) is 2.08. The molecular formula is C18H19N3O5S. The van der Waals surface area contributed by atoms with Gasteiger partial charge in [0.25, 0.3) is 5.56 Å².